The third kappa shape index (κ3) is 5.92. The summed E-state index contributed by atoms with van der Waals surface area (Å²) < 4.78 is 5.62. The lowest BCUT2D eigenvalue weighted by atomic mass is 9.93. The van der Waals surface area contributed by atoms with Crippen LogP contribution in [0.4, 0.5) is 11.5 Å². The zero-order chi connectivity index (χ0) is 22.8. The maximum absolute atomic E-state index is 12.6. The van der Waals surface area contributed by atoms with Crippen molar-refractivity contribution in [2.75, 3.05) is 10.6 Å². The number of hydrogen-bond acceptors (Lipinski definition) is 6. The van der Waals surface area contributed by atoms with Gasteiger partial charge in [0.25, 0.3) is 5.91 Å². The number of amides is 2. The van der Waals surface area contributed by atoms with Crippen molar-refractivity contribution in [3.8, 4) is 0 Å². The highest BCUT2D eigenvalue weighted by molar-refractivity contribution is 7.16. The number of thiazole rings is 1. The summed E-state index contributed by atoms with van der Waals surface area (Å²) in [5.74, 6) is 0.727. The third-order valence-corrected chi connectivity index (χ3v) is 5.92. The molecule has 1 aromatic carbocycles. The molecular weight excluding hydrogens is 436 g/mol. The molecule has 0 atom stereocenters. The predicted molar refractivity (Wildman–Crippen MR) is 123 cm³/mol. The van der Waals surface area contributed by atoms with Crippen LogP contribution in [0.25, 0.3) is 0 Å². The molecule has 0 aliphatic heterocycles. The van der Waals surface area contributed by atoms with Crippen LogP contribution in [0.2, 0.25) is 4.47 Å². The minimum Gasteiger partial charge on any atom is -0.359 e. The van der Waals surface area contributed by atoms with E-state index in [-0.39, 0.29) is 29.6 Å². The second kappa shape index (κ2) is 9.20. The number of rotatable bonds is 6. The van der Waals surface area contributed by atoms with E-state index in [1.807, 2.05) is 34.6 Å². The lowest BCUT2D eigenvalue weighted by Crippen LogP contribution is -2.16. The molecule has 3 aromatic rings. The van der Waals surface area contributed by atoms with E-state index in [0.717, 1.165) is 10.4 Å². The smallest absolute Gasteiger partial charge is 0.275 e. The van der Waals surface area contributed by atoms with Gasteiger partial charge in [-0.2, -0.15) is 0 Å². The Morgan fingerprint density at radius 2 is 1.84 bits per heavy atom. The summed E-state index contributed by atoms with van der Waals surface area (Å²) >= 11 is 7.30. The van der Waals surface area contributed by atoms with E-state index >= 15 is 0 Å². The molecule has 0 aliphatic rings. The number of aromatic nitrogens is 2. The Kier molecular flexibility index (Phi) is 6.81. The molecule has 0 fully saturated rings. The largest absolute Gasteiger partial charge is 0.359 e. The van der Waals surface area contributed by atoms with Crippen LogP contribution < -0.4 is 10.6 Å². The van der Waals surface area contributed by atoms with Gasteiger partial charge >= 0.3 is 0 Å². The van der Waals surface area contributed by atoms with Gasteiger partial charge in [-0.3, -0.25) is 9.59 Å². The first-order valence-electron chi connectivity index (χ1n) is 9.86. The number of hydrogen-bond donors (Lipinski definition) is 2. The van der Waals surface area contributed by atoms with Crippen molar-refractivity contribution < 1.29 is 14.1 Å². The lowest BCUT2D eigenvalue weighted by Gasteiger charge is -2.12. The average molecular weight is 461 g/mol. The SMILES string of the molecule is CC(C)c1sc(Cl)nc1C(=O)Nc1ccc(CC(=O)Nc2cc(C(C)(C)C)on2)cc1. The van der Waals surface area contributed by atoms with Gasteiger partial charge in [0.05, 0.1) is 6.42 Å². The van der Waals surface area contributed by atoms with E-state index in [1.165, 1.54) is 11.3 Å². The fourth-order valence-corrected chi connectivity index (χ4v) is 3.94. The summed E-state index contributed by atoms with van der Waals surface area (Å²) in [5.41, 5.74) is 1.57. The average Bonchev–Trinajstić information content (AvgIpc) is 3.30. The molecular formula is C22H25ClN4O3S. The summed E-state index contributed by atoms with van der Waals surface area (Å²) in [6.07, 6.45) is 0.172. The molecule has 9 heteroatoms. The number of carbonyl (C=O) groups is 2. The number of nitrogens with one attached hydrogen (secondary N) is 2. The highest BCUT2D eigenvalue weighted by Gasteiger charge is 2.21. The Morgan fingerprint density at radius 1 is 1.16 bits per heavy atom. The van der Waals surface area contributed by atoms with E-state index < -0.39 is 0 Å². The molecule has 3 rings (SSSR count). The Balaban J connectivity index is 1.59. The first-order chi connectivity index (χ1) is 14.5. The minimum absolute atomic E-state index is 0.149. The maximum atomic E-state index is 12.6. The molecule has 31 heavy (non-hydrogen) atoms. The van der Waals surface area contributed by atoms with Crippen LogP contribution in [0, 0.1) is 0 Å². The van der Waals surface area contributed by atoms with Crippen molar-refractivity contribution in [1.29, 1.82) is 0 Å². The Bertz CT molecular complexity index is 1080. The van der Waals surface area contributed by atoms with E-state index in [0.29, 0.717) is 27.4 Å². The van der Waals surface area contributed by atoms with Gasteiger partial charge in [-0.15, -0.1) is 11.3 Å². The molecule has 0 saturated carbocycles. The summed E-state index contributed by atoms with van der Waals surface area (Å²) in [5, 5.41) is 9.46. The topological polar surface area (TPSA) is 97.1 Å². The van der Waals surface area contributed by atoms with Gasteiger partial charge in [-0.05, 0) is 23.6 Å². The number of carbonyl (C=O) groups excluding carboxylic acids is 2. The Hall–Kier alpha value is -2.71. The second-order valence-electron chi connectivity index (χ2n) is 8.54. The van der Waals surface area contributed by atoms with Crippen LogP contribution in [-0.4, -0.2) is 22.0 Å². The normalized spacial score (nSPS) is 11.6. The Labute approximate surface area is 190 Å². The number of halogens is 1. The van der Waals surface area contributed by atoms with Crippen molar-refractivity contribution in [2.45, 2.75) is 52.4 Å². The van der Waals surface area contributed by atoms with Gasteiger partial charge < -0.3 is 15.2 Å². The molecule has 2 amide bonds. The molecule has 7 nitrogen and oxygen atoms in total. The van der Waals surface area contributed by atoms with Gasteiger partial charge in [-0.1, -0.05) is 63.5 Å². The number of anilines is 2. The van der Waals surface area contributed by atoms with E-state index in [4.69, 9.17) is 16.1 Å². The van der Waals surface area contributed by atoms with Crippen molar-refractivity contribution in [2.24, 2.45) is 0 Å². The fraction of sp³-hybridized carbons (Fsp3) is 0.364. The van der Waals surface area contributed by atoms with Crippen LogP contribution >= 0.6 is 22.9 Å². The molecule has 0 saturated heterocycles. The highest BCUT2D eigenvalue weighted by Crippen LogP contribution is 2.30. The monoisotopic (exact) mass is 460 g/mol. The first kappa shape index (κ1) is 23.0. The zero-order valence-electron chi connectivity index (χ0n) is 18.1. The summed E-state index contributed by atoms with van der Waals surface area (Å²) in [6.45, 7) is 10.00. The standard InChI is InChI=1S/C22H25ClN4O3S/c1-12(2)19-18(26-21(23)31-19)20(29)24-14-8-6-13(7-9-14)10-17(28)25-16-11-15(30-27-16)22(3,4)5/h6-9,11-12H,10H2,1-5H3,(H,24,29)(H,25,27,28). The molecule has 164 valence electrons. The van der Waals surface area contributed by atoms with Gasteiger partial charge in [0.15, 0.2) is 10.3 Å². The Morgan fingerprint density at radius 3 is 2.42 bits per heavy atom. The first-order valence-corrected chi connectivity index (χ1v) is 11.1. The second-order valence-corrected chi connectivity index (χ2v) is 10.1. The molecule has 2 heterocycles. The number of benzene rings is 1. The predicted octanol–water partition coefficient (Wildman–Crippen LogP) is 5.64. The quantitative estimate of drug-likeness (QED) is 0.496. The van der Waals surface area contributed by atoms with Gasteiger partial charge in [0, 0.05) is 22.0 Å². The number of nitrogens with zero attached hydrogens (tertiary/aromatic N) is 2. The van der Waals surface area contributed by atoms with Crippen LogP contribution in [0.1, 0.15) is 67.2 Å². The van der Waals surface area contributed by atoms with E-state index in [1.54, 1.807) is 30.3 Å². The molecule has 0 unspecified atom stereocenters. The van der Waals surface area contributed by atoms with Crippen molar-refractivity contribution in [3.63, 3.8) is 0 Å². The summed E-state index contributed by atoms with van der Waals surface area (Å²) in [6, 6.07) is 8.80. The lowest BCUT2D eigenvalue weighted by molar-refractivity contribution is -0.115. The van der Waals surface area contributed by atoms with Gasteiger partial charge in [0.2, 0.25) is 5.91 Å². The van der Waals surface area contributed by atoms with E-state index in [2.05, 4.69) is 20.8 Å². The van der Waals surface area contributed by atoms with Crippen LogP contribution in [0.3, 0.4) is 0 Å². The molecule has 0 radical (unpaired) electrons. The van der Waals surface area contributed by atoms with E-state index in [9.17, 15) is 9.59 Å². The van der Waals surface area contributed by atoms with Crippen LogP contribution in [0.15, 0.2) is 34.9 Å². The van der Waals surface area contributed by atoms with Gasteiger partial charge in [0.1, 0.15) is 11.5 Å². The molecule has 0 aliphatic carbocycles. The molecule has 2 aromatic heterocycles. The van der Waals surface area contributed by atoms with Crippen molar-refractivity contribution in [3.05, 3.63) is 56.7 Å². The third-order valence-electron chi connectivity index (χ3n) is 4.46. The molecule has 2 N–H and O–H groups in total. The summed E-state index contributed by atoms with van der Waals surface area (Å²) in [7, 11) is 0. The van der Waals surface area contributed by atoms with Crippen molar-refractivity contribution >= 4 is 46.3 Å². The highest BCUT2D eigenvalue weighted by atomic mass is 35.5. The van der Waals surface area contributed by atoms with Crippen LogP contribution in [-0.2, 0) is 16.6 Å². The maximum Gasteiger partial charge on any atom is 0.275 e. The minimum atomic E-state index is -0.307. The van der Waals surface area contributed by atoms with Crippen molar-refractivity contribution in [1.82, 2.24) is 10.1 Å². The fourth-order valence-electron chi connectivity index (χ4n) is 2.82. The molecule has 0 spiro atoms. The summed E-state index contributed by atoms with van der Waals surface area (Å²) in [4.78, 5) is 29.9. The molecule has 0 bridgehead atoms. The van der Waals surface area contributed by atoms with Gasteiger partial charge in [-0.25, -0.2) is 4.98 Å². The van der Waals surface area contributed by atoms with Crippen LogP contribution in [0.5, 0.6) is 0 Å². The zero-order valence-corrected chi connectivity index (χ0v) is 19.6.